The van der Waals surface area contributed by atoms with Crippen molar-refractivity contribution in [3.63, 3.8) is 0 Å². The lowest BCUT2D eigenvalue weighted by atomic mass is 10.2. The Morgan fingerprint density at radius 3 is 2.80 bits per heavy atom. The molecule has 1 heterocycles. The Hall–Kier alpha value is -1.17. The molecule has 15 heavy (non-hydrogen) atoms. The van der Waals surface area contributed by atoms with Crippen molar-refractivity contribution in [3.05, 3.63) is 12.2 Å². The van der Waals surface area contributed by atoms with Gasteiger partial charge in [0.1, 0.15) is 12.2 Å². The van der Waals surface area contributed by atoms with Crippen LogP contribution in [0, 0.1) is 5.92 Å². The molecule has 0 spiro atoms. The Morgan fingerprint density at radius 1 is 1.53 bits per heavy atom. The summed E-state index contributed by atoms with van der Waals surface area (Å²) in [5, 5.41) is 13.5. The average Bonchev–Trinajstić information content (AvgIpc) is 2.67. The Balaban J connectivity index is 2.32. The summed E-state index contributed by atoms with van der Waals surface area (Å²) in [6, 6.07) is 0.0414. The van der Waals surface area contributed by atoms with Gasteiger partial charge in [0.25, 0.3) is 0 Å². The summed E-state index contributed by atoms with van der Waals surface area (Å²) in [5.41, 5.74) is 0. The molecule has 0 fully saturated rings. The van der Waals surface area contributed by atoms with Gasteiger partial charge in [-0.25, -0.2) is 4.98 Å². The van der Waals surface area contributed by atoms with Crippen LogP contribution in [0.5, 0.6) is 0 Å². The average molecular weight is 227 g/mol. The second kappa shape index (κ2) is 5.65. The summed E-state index contributed by atoms with van der Waals surface area (Å²) >= 11 is 5.14. The van der Waals surface area contributed by atoms with Gasteiger partial charge in [0, 0.05) is 6.54 Å². The van der Waals surface area contributed by atoms with E-state index in [-0.39, 0.29) is 6.04 Å². The molecule has 1 aromatic heterocycles. The number of hydrogen-bond donors (Lipinski definition) is 3. The first-order valence-electron chi connectivity index (χ1n) is 4.99. The number of rotatable bonds is 4. The maximum atomic E-state index is 5.14. The van der Waals surface area contributed by atoms with Crippen LogP contribution < -0.4 is 10.6 Å². The lowest BCUT2D eigenvalue weighted by molar-refractivity contribution is 0.602. The molecule has 0 amide bonds. The van der Waals surface area contributed by atoms with Gasteiger partial charge in [-0.1, -0.05) is 13.8 Å². The zero-order valence-electron chi connectivity index (χ0n) is 9.24. The number of nitrogens with zero attached hydrogens (tertiary/aromatic N) is 2. The SMILES string of the molecule is CC(C)CNC(=S)NC(C)c1ncn[nH]1. The monoisotopic (exact) mass is 227 g/mol. The number of thiocarbonyl (C=S) groups is 1. The lowest BCUT2D eigenvalue weighted by Gasteiger charge is -2.15. The third kappa shape index (κ3) is 4.24. The highest BCUT2D eigenvalue weighted by atomic mass is 32.1. The van der Waals surface area contributed by atoms with Crippen LogP contribution in [0.2, 0.25) is 0 Å². The Kier molecular flexibility index (Phi) is 4.48. The molecule has 0 bridgehead atoms. The molecule has 1 unspecified atom stereocenters. The van der Waals surface area contributed by atoms with E-state index in [1.165, 1.54) is 6.33 Å². The van der Waals surface area contributed by atoms with Crippen molar-refractivity contribution in [2.45, 2.75) is 26.8 Å². The molecule has 84 valence electrons. The Morgan fingerprint density at radius 2 is 2.27 bits per heavy atom. The topological polar surface area (TPSA) is 65.6 Å². The normalized spacial score (nSPS) is 12.5. The fourth-order valence-corrected chi connectivity index (χ4v) is 1.30. The van der Waals surface area contributed by atoms with Crippen LogP contribution in [0.25, 0.3) is 0 Å². The second-order valence-electron chi connectivity index (χ2n) is 3.84. The van der Waals surface area contributed by atoms with Gasteiger partial charge in [-0.3, -0.25) is 5.10 Å². The van der Waals surface area contributed by atoms with E-state index in [1.807, 2.05) is 6.92 Å². The maximum absolute atomic E-state index is 5.14. The van der Waals surface area contributed by atoms with E-state index in [2.05, 4.69) is 39.7 Å². The van der Waals surface area contributed by atoms with Crippen molar-refractivity contribution >= 4 is 17.3 Å². The predicted octanol–water partition coefficient (Wildman–Crippen LogP) is 0.986. The fraction of sp³-hybridized carbons (Fsp3) is 0.667. The molecule has 1 atom stereocenters. The van der Waals surface area contributed by atoms with Crippen molar-refractivity contribution in [2.24, 2.45) is 5.92 Å². The molecule has 0 aliphatic carbocycles. The molecular formula is C9H17N5S. The number of aromatic nitrogens is 3. The van der Waals surface area contributed by atoms with Gasteiger partial charge >= 0.3 is 0 Å². The highest BCUT2D eigenvalue weighted by Crippen LogP contribution is 2.03. The molecule has 5 nitrogen and oxygen atoms in total. The van der Waals surface area contributed by atoms with E-state index in [4.69, 9.17) is 12.2 Å². The number of hydrogen-bond acceptors (Lipinski definition) is 3. The molecule has 0 aliphatic heterocycles. The third-order valence-electron chi connectivity index (χ3n) is 1.86. The van der Waals surface area contributed by atoms with Crippen molar-refractivity contribution in [1.29, 1.82) is 0 Å². The van der Waals surface area contributed by atoms with Gasteiger partial charge in [0.2, 0.25) is 0 Å². The van der Waals surface area contributed by atoms with Crippen LogP contribution >= 0.6 is 12.2 Å². The van der Waals surface area contributed by atoms with E-state index < -0.39 is 0 Å². The molecule has 3 N–H and O–H groups in total. The van der Waals surface area contributed by atoms with Crippen molar-refractivity contribution < 1.29 is 0 Å². The lowest BCUT2D eigenvalue weighted by Crippen LogP contribution is -2.38. The molecule has 0 aliphatic rings. The summed E-state index contributed by atoms with van der Waals surface area (Å²) in [4.78, 5) is 4.05. The number of H-pyrrole nitrogens is 1. The molecule has 0 saturated heterocycles. The first-order valence-corrected chi connectivity index (χ1v) is 5.40. The van der Waals surface area contributed by atoms with Crippen LogP contribution in [0.4, 0.5) is 0 Å². The minimum absolute atomic E-state index is 0.0414. The summed E-state index contributed by atoms with van der Waals surface area (Å²) in [6.07, 6.45) is 1.48. The van der Waals surface area contributed by atoms with Crippen molar-refractivity contribution in [1.82, 2.24) is 25.8 Å². The summed E-state index contributed by atoms with van der Waals surface area (Å²) in [7, 11) is 0. The van der Waals surface area contributed by atoms with Gasteiger partial charge in [0.05, 0.1) is 6.04 Å². The van der Waals surface area contributed by atoms with E-state index >= 15 is 0 Å². The third-order valence-corrected chi connectivity index (χ3v) is 2.12. The molecule has 0 saturated carbocycles. The summed E-state index contributed by atoms with van der Waals surface area (Å²) < 4.78 is 0. The van der Waals surface area contributed by atoms with E-state index in [0.717, 1.165) is 12.4 Å². The van der Waals surface area contributed by atoms with E-state index in [0.29, 0.717) is 11.0 Å². The molecule has 0 aromatic carbocycles. The van der Waals surface area contributed by atoms with E-state index in [9.17, 15) is 0 Å². The Labute approximate surface area is 95.1 Å². The van der Waals surface area contributed by atoms with Crippen molar-refractivity contribution in [3.8, 4) is 0 Å². The first-order chi connectivity index (χ1) is 7.09. The quantitative estimate of drug-likeness (QED) is 0.669. The van der Waals surface area contributed by atoms with Gasteiger partial charge in [0.15, 0.2) is 5.11 Å². The smallest absolute Gasteiger partial charge is 0.166 e. The zero-order valence-corrected chi connectivity index (χ0v) is 10.1. The van der Waals surface area contributed by atoms with Crippen LogP contribution in [0.1, 0.15) is 32.6 Å². The van der Waals surface area contributed by atoms with Crippen LogP contribution in [-0.4, -0.2) is 26.8 Å². The first kappa shape index (κ1) is 11.9. The second-order valence-corrected chi connectivity index (χ2v) is 4.25. The molecule has 6 heteroatoms. The van der Waals surface area contributed by atoms with E-state index in [1.54, 1.807) is 0 Å². The predicted molar refractivity (Wildman–Crippen MR) is 63.4 cm³/mol. The number of nitrogens with one attached hydrogen (secondary N) is 3. The maximum Gasteiger partial charge on any atom is 0.166 e. The highest BCUT2D eigenvalue weighted by Gasteiger charge is 2.09. The van der Waals surface area contributed by atoms with Gasteiger partial charge in [-0.05, 0) is 25.1 Å². The van der Waals surface area contributed by atoms with Crippen LogP contribution in [0.15, 0.2) is 6.33 Å². The molecule has 1 aromatic rings. The summed E-state index contributed by atoms with van der Waals surface area (Å²) in [5.74, 6) is 1.36. The standard InChI is InChI=1S/C9H17N5S/c1-6(2)4-10-9(15)13-7(3)8-11-5-12-14-8/h5-7H,4H2,1-3H3,(H2,10,13,15)(H,11,12,14). The zero-order chi connectivity index (χ0) is 11.3. The van der Waals surface area contributed by atoms with Gasteiger partial charge in [-0.2, -0.15) is 5.10 Å². The molecule has 0 radical (unpaired) electrons. The Bertz CT molecular complexity index is 295. The summed E-state index contributed by atoms with van der Waals surface area (Å²) in [6.45, 7) is 7.11. The number of aromatic amines is 1. The fourth-order valence-electron chi connectivity index (χ4n) is 1.04. The van der Waals surface area contributed by atoms with Gasteiger partial charge < -0.3 is 10.6 Å². The highest BCUT2D eigenvalue weighted by molar-refractivity contribution is 7.80. The molecular weight excluding hydrogens is 210 g/mol. The largest absolute Gasteiger partial charge is 0.362 e. The minimum atomic E-state index is 0.0414. The van der Waals surface area contributed by atoms with Crippen LogP contribution in [-0.2, 0) is 0 Å². The van der Waals surface area contributed by atoms with Crippen molar-refractivity contribution in [2.75, 3.05) is 6.54 Å². The molecule has 1 rings (SSSR count). The minimum Gasteiger partial charge on any atom is -0.362 e. The van der Waals surface area contributed by atoms with Crippen LogP contribution in [0.3, 0.4) is 0 Å². The van der Waals surface area contributed by atoms with Gasteiger partial charge in [-0.15, -0.1) is 0 Å².